The number of hydrogen-bond donors (Lipinski definition) is 2. The molecule has 3 atom stereocenters. The Bertz CT molecular complexity index is 1510. The highest BCUT2D eigenvalue weighted by Crippen LogP contribution is 2.43. The van der Waals surface area contributed by atoms with Gasteiger partial charge in [-0.25, -0.2) is 4.57 Å². The number of carbonyl (C=O) groups excluding carboxylic acids is 2. The Morgan fingerprint density at radius 2 is 0.903 bits per heavy atom. The molecular formula is C62H112N2O7P+. The number of amides is 1. The number of likely N-dealkylation sites (N-methyl/N-ethyl adjacent to an activating group) is 1. The number of nitrogens with zero attached hydrogens (tertiary/aromatic N) is 1. The molecule has 0 aliphatic rings. The van der Waals surface area contributed by atoms with Crippen LogP contribution in [0.15, 0.2) is 85.1 Å². The minimum Gasteiger partial charge on any atom is -0.456 e. The van der Waals surface area contributed by atoms with Gasteiger partial charge < -0.3 is 19.4 Å². The Labute approximate surface area is 444 Å². The summed E-state index contributed by atoms with van der Waals surface area (Å²) < 4.78 is 30.6. The van der Waals surface area contributed by atoms with Crippen molar-refractivity contribution in [3.8, 4) is 0 Å². The molecule has 0 rings (SSSR count). The van der Waals surface area contributed by atoms with Crippen molar-refractivity contribution < 1.29 is 37.3 Å². The molecule has 0 fully saturated rings. The number of hydrogen-bond acceptors (Lipinski definition) is 6. The van der Waals surface area contributed by atoms with Crippen LogP contribution in [-0.2, 0) is 27.9 Å². The molecule has 3 unspecified atom stereocenters. The van der Waals surface area contributed by atoms with E-state index in [2.05, 4.69) is 99.0 Å². The lowest BCUT2D eigenvalue weighted by atomic mass is 10.0. The van der Waals surface area contributed by atoms with Gasteiger partial charge in [-0.3, -0.25) is 18.6 Å². The summed E-state index contributed by atoms with van der Waals surface area (Å²) in [5, 5.41) is 3.02. The Balaban J connectivity index is 5.50. The second-order valence-electron chi connectivity index (χ2n) is 20.8. The van der Waals surface area contributed by atoms with Crippen LogP contribution < -0.4 is 5.32 Å². The fourth-order valence-corrected chi connectivity index (χ4v) is 8.72. The van der Waals surface area contributed by atoms with Gasteiger partial charge >= 0.3 is 13.8 Å². The summed E-state index contributed by atoms with van der Waals surface area (Å²) in [5.74, 6) is -0.604. The highest BCUT2D eigenvalue weighted by Gasteiger charge is 2.30. The van der Waals surface area contributed by atoms with Gasteiger partial charge in [-0.2, -0.15) is 0 Å². The quantitative estimate of drug-likeness (QED) is 0.0156. The lowest BCUT2D eigenvalue weighted by Gasteiger charge is -2.27. The summed E-state index contributed by atoms with van der Waals surface area (Å²) >= 11 is 0. The average Bonchev–Trinajstić information content (AvgIpc) is 3.34. The van der Waals surface area contributed by atoms with E-state index in [4.69, 9.17) is 13.8 Å². The summed E-state index contributed by atoms with van der Waals surface area (Å²) in [4.78, 5) is 37.6. The number of rotatable bonds is 52. The smallest absolute Gasteiger partial charge is 0.456 e. The fraction of sp³-hybridized carbons (Fsp3) is 0.742. The van der Waals surface area contributed by atoms with Crippen molar-refractivity contribution in [1.29, 1.82) is 0 Å². The number of allylic oxidation sites excluding steroid dienone is 13. The van der Waals surface area contributed by atoms with E-state index < -0.39 is 20.0 Å². The number of phosphoric acid groups is 1. The Kier molecular flexibility index (Phi) is 49.6. The molecule has 0 heterocycles. The minimum atomic E-state index is -4.47. The lowest BCUT2D eigenvalue weighted by Crippen LogP contribution is -2.47. The SMILES string of the molecule is CCCCC/C=C\C/C=C\C/C=C\C/C=C\CCCC(=O)OC(/C=C/CCCCCCCCCCCCC)C(COP(=O)(O)OCC[N+](C)(C)C)NC(=O)CCCCC/C=C/C=C/CCCCCCCCC. The molecule has 9 nitrogen and oxygen atoms in total. The summed E-state index contributed by atoms with van der Waals surface area (Å²) in [7, 11) is 1.44. The van der Waals surface area contributed by atoms with E-state index in [1.807, 2.05) is 33.3 Å². The van der Waals surface area contributed by atoms with Crippen LogP contribution in [-0.4, -0.2) is 74.3 Å². The fourth-order valence-electron chi connectivity index (χ4n) is 7.98. The van der Waals surface area contributed by atoms with Gasteiger partial charge in [0, 0.05) is 12.8 Å². The molecule has 72 heavy (non-hydrogen) atoms. The van der Waals surface area contributed by atoms with Gasteiger partial charge in [-0.05, 0) is 96.0 Å². The molecule has 0 saturated carbocycles. The van der Waals surface area contributed by atoms with Crippen LogP contribution in [0.4, 0.5) is 0 Å². The molecular weight excluding hydrogens is 916 g/mol. The Morgan fingerprint density at radius 1 is 0.500 bits per heavy atom. The third-order valence-electron chi connectivity index (χ3n) is 12.6. The normalized spacial score (nSPS) is 14.4. The first kappa shape index (κ1) is 69.2. The van der Waals surface area contributed by atoms with Crippen molar-refractivity contribution >= 4 is 19.7 Å². The standard InChI is InChI=1S/C62H111N2O7P/c1-7-10-13-16-19-22-25-28-30-32-34-37-40-43-46-49-52-55-62(66)71-60(53-50-47-44-41-38-35-27-24-21-18-15-12-9-3)59(58-70-72(67,68)69-57-56-64(4,5)6)63-61(65)54-51-48-45-42-39-36-33-31-29-26-23-20-17-14-11-8-2/h19,22,28,30-31,33-34,36-37,39,43,46,50,53,59-60H,7-18,20-21,23-27,29,32,35,38,40-42,44-45,47-49,51-52,54-58H2,1-6H3,(H-,63,65,67,68)/p+1/b22-19-,30-28-,33-31+,37-34-,39-36+,46-43-,53-50+. The van der Waals surface area contributed by atoms with E-state index in [9.17, 15) is 19.0 Å². The molecule has 0 aromatic heterocycles. The van der Waals surface area contributed by atoms with Crippen molar-refractivity contribution in [3.05, 3.63) is 85.1 Å². The molecule has 2 N–H and O–H groups in total. The van der Waals surface area contributed by atoms with Gasteiger partial charge in [0.1, 0.15) is 19.3 Å². The first-order chi connectivity index (χ1) is 34.9. The third kappa shape index (κ3) is 52.1. The highest BCUT2D eigenvalue weighted by molar-refractivity contribution is 7.47. The second-order valence-corrected chi connectivity index (χ2v) is 22.3. The highest BCUT2D eigenvalue weighted by atomic mass is 31.2. The van der Waals surface area contributed by atoms with Crippen molar-refractivity contribution in [1.82, 2.24) is 5.32 Å². The van der Waals surface area contributed by atoms with E-state index in [1.165, 1.54) is 128 Å². The zero-order valence-electron chi connectivity index (χ0n) is 47.4. The van der Waals surface area contributed by atoms with Crippen LogP contribution in [0, 0.1) is 0 Å². The summed E-state index contributed by atoms with van der Waals surface area (Å²) in [6, 6.07) is -0.887. The molecule has 0 spiro atoms. The third-order valence-corrected chi connectivity index (χ3v) is 13.6. The van der Waals surface area contributed by atoms with Crippen LogP contribution in [0.2, 0.25) is 0 Å². The summed E-state index contributed by atoms with van der Waals surface area (Å²) in [6.07, 6.45) is 67.3. The predicted octanol–water partition coefficient (Wildman–Crippen LogP) is 17.8. The maximum Gasteiger partial charge on any atom is 0.472 e. The Hall–Kier alpha value is -2.81. The van der Waals surface area contributed by atoms with Crippen molar-refractivity contribution in [2.24, 2.45) is 0 Å². The van der Waals surface area contributed by atoms with Crippen molar-refractivity contribution in [2.75, 3.05) is 40.9 Å². The first-order valence-electron chi connectivity index (χ1n) is 29.4. The molecule has 0 radical (unpaired) electrons. The number of ether oxygens (including phenoxy) is 1. The van der Waals surface area contributed by atoms with Crippen LogP contribution >= 0.6 is 7.82 Å². The monoisotopic (exact) mass is 1030 g/mol. The molecule has 1 amide bonds. The number of esters is 1. The lowest BCUT2D eigenvalue weighted by molar-refractivity contribution is -0.870. The molecule has 0 aromatic carbocycles. The Morgan fingerprint density at radius 3 is 1.40 bits per heavy atom. The number of nitrogens with one attached hydrogen (secondary N) is 1. The maximum atomic E-state index is 13.5. The first-order valence-corrected chi connectivity index (χ1v) is 30.9. The van der Waals surface area contributed by atoms with Crippen LogP contribution in [0.25, 0.3) is 0 Å². The van der Waals surface area contributed by atoms with Crippen LogP contribution in [0.5, 0.6) is 0 Å². The number of carbonyl (C=O) groups is 2. The van der Waals surface area contributed by atoms with Crippen molar-refractivity contribution in [3.63, 3.8) is 0 Å². The van der Waals surface area contributed by atoms with Gasteiger partial charge in [0.2, 0.25) is 5.91 Å². The molecule has 10 heteroatoms. The summed E-state index contributed by atoms with van der Waals surface area (Å²) in [5.41, 5.74) is 0. The van der Waals surface area contributed by atoms with Gasteiger partial charge in [0.25, 0.3) is 0 Å². The maximum absolute atomic E-state index is 13.5. The van der Waals surface area contributed by atoms with E-state index >= 15 is 0 Å². The molecule has 0 aromatic rings. The average molecular weight is 1030 g/mol. The topological polar surface area (TPSA) is 111 Å². The molecule has 0 saturated heterocycles. The zero-order chi connectivity index (χ0) is 52.9. The second kappa shape index (κ2) is 51.7. The number of unbranched alkanes of at least 4 members (excludes halogenated alkanes) is 25. The molecule has 0 aliphatic carbocycles. The van der Waals surface area contributed by atoms with Gasteiger partial charge in [-0.1, -0.05) is 222 Å². The largest absolute Gasteiger partial charge is 0.472 e. The van der Waals surface area contributed by atoms with Gasteiger partial charge in [0.05, 0.1) is 33.8 Å². The number of quaternary nitrogens is 1. The molecule has 0 bridgehead atoms. The minimum absolute atomic E-state index is 0.0236. The van der Waals surface area contributed by atoms with Gasteiger partial charge in [0.15, 0.2) is 0 Å². The molecule has 416 valence electrons. The molecule has 0 aliphatic heterocycles. The summed E-state index contributed by atoms with van der Waals surface area (Å²) in [6.45, 7) is 6.91. The van der Waals surface area contributed by atoms with E-state index in [0.29, 0.717) is 23.9 Å². The van der Waals surface area contributed by atoms with Crippen LogP contribution in [0.3, 0.4) is 0 Å². The van der Waals surface area contributed by atoms with E-state index in [1.54, 1.807) is 0 Å². The van der Waals surface area contributed by atoms with E-state index in [-0.39, 0.29) is 37.9 Å². The van der Waals surface area contributed by atoms with E-state index in [0.717, 1.165) is 70.6 Å². The number of phosphoric ester groups is 1. The van der Waals surface area contributed by atoms with Crippen molar-refractivity contribution in [2.45, 2.75) is 258 Å². The van der Waals surface area contributed by atoms with Gasteiger partial charge in [-0.15, -0.1) is 0 Å². The predicted molar refractivity (Wildman–Crippen MR) is 309 cm³/mol. The zero-order valence-corrected chi connectivity index (χ0v) is 48.3. The van der Waals surface area contributed by atoms with Crippen LogP contribution in [0.1, 0.15) is 245 Å².